The van der Waals surface area contributed by atoms with Crippen LogP contribution in [-0.4, -0.2) is 98.4 Å². The number of amides is 2. The summed E-state index contributed by atoms with van der Waals surface area (Å²) in [4.78, 5) is 35.6. The van der Waals surface area contributed by atoms with E-state index < -0.39 is 0 Å². The van der Waals surface area contributed by atoms with Crippen LogP contribution in [0.1, 0.15) is 48.2 Å². The van der Waals surface area contributed by atoms with Crippen molar-refractivity contribution in [3.05, 3.63) is 23.7 Å². The molecule has 2 aliphatic rings. The zero-order valence-electron chi connectivity index (χ0n) is 19.6. The smallest absolute Gasteiger partial charge is 0.287 e. The summed E-state index contributed by atoms with van der Waals surface area (Å²) in [6.45, 7) is 8.91. The lowest BCUT2D eigenvalue weighted by Gasteiger charge is -2.37. The van der Waals surface area contributed by atoms with Crippen LogP contribution in [0.5, 0.6) is 0 Å². The monoisotopic (exact) mass is 446 g/mol. The lowest BCUT2D eigenvalue weighted by Crippen LogP contribution is -2.54. The Labute approximate surface area is 191 Å². The Balaban J connectivity index is 1.32. The fourth-order valence-electron chi connectivity index (χ4n) is 4.24. The molecule has 0 radical (unpaired) electrons. The third-order valence-electron chi connectivity index (χ3n) is 6.19. The first kappa shape index (κ1) is 24.1. The number of rotatable bonds is 7. The van der Waals surface area contributed by atoms with Gasteiger partial charge in [0, 0.05) is 65.0 Å². The molecule has 2 fully saturated rings. The second kappa shape index (κ2) is 12.5. The fraction of sp³-hybridized carbons (Fsp3) is 0.696. The van der Waals surface area contributed by atoms with Crippen LogP contribution < -0.4 is 10.6 Å². The molecule has 32 heavy (non-hydrogen) atoms. The van der Waals surface area contributed by atoms with Gasteiger partial charge in [-0.15, -0.1) is 0 Å². The molecule has 3 heterocycles. The average Bonchev–Trinajstić information content (AvgIpc) is 3.05. The molecule has 0 atom stereocenters. The number of furan rings is 1. The Kier molecular flexibility index (Phi) is 9.40. The van der Waals surface area contributed by atoms with Crippen LogP contribution in [0.25, 0.3) is 0 Å². The zero-order valence-corrected chi connectivity index (χ0v) is 19.6. The lowest BCUT2D eigenvalue weighted by molar-refractivity contribution is -0.132. The molecule has 9 nitrogen and oxygen atoms in total. The van der Waals surface area contributed by atoms with Crippen molar-refractivity contribution in [1.29, 1.82) is 0 Å². The van der Waals surface area contributed by atoms with E-state index in [9.17, 15) is 9.59 Å². The first-order valence-corrected chi connectivity index (χ1v) is 11.9. The van der Waals surface area contributed by atoms with Gasteiger partial charge < -0.3 is 24.9 Å². The molecule has 0 aliphatic carbocycles. The van der Waals surface area contributed by atoms with Crippen molar-refractivity contribution in [2.24, 2.45) is 4.99 Å². The Morgan fingerprint density at radius 1 is 0.969 bits per heavy atom. The Bertz CT molecular complexity index is 762. The van der Waals surface area contributed by atoms with Crippen LogP contribution in [0.4, 0.5) is 0 Å². The number of piperazine rings is 1. The molecule has 178 valence electrons. The van der Waals surface area contributed by atoms with Crippen molar-refractivity contribution >= 4 is 17.8 Å². The van der Waals surface area contributed by atoms with Crippen LogP contribution in [-0.2, 0) is 4.79 Å². The predicted octanol–water partition coefficient (Wildman–Crippen LogP) is 1.30. The molecule has 1 aromatic heterocycles. The molecule has 3 rings (SSSR count). The van der Waals surface area contributed by atoms with Crippen LogP contribution in [0.15, 0.2) is 21.7 Å². The van der Waals surface area contributed by atoms with Crippen molar-refractivity contribution in [3.63, 3.8) is 0 Å². The van der Waals surface area contributed by atoms with Gasteiger partial charge in [-0.25, -0.2) is 0 Å². The first-order valence-electron chi connectivity index (χ1n) is 11.9. The third kappa shape index (κ3) is 6.98. The molecule has 2 amide bonds. The number of aryl methyl sites for hydroxylation is 1. The number of nitrogens with zero attached hydrogens (tertiary/aromatic N) is 4. The van der Waals surface area contributed by atoms with Crippen molar-refractivity contribution in [2.45, 2.75) is 39.0 Å². The van der Waals surface area contributed by atoms with Gasteiger partial charge in [0.1, 0.15) is 0 Å². The number of guanidine groups is 1. The van der Waals surface area contributed by atoms with E-state index in [2.05, 4.69) is 25.4 Å². The molecule has 2 aliphatic heterocycles. The van der Waals surface area contributed by atoms with Gasteiger partial charge in [-0.3, -0.25) is 19.5 Å². The molecule has 9 heteroatoms. The van der Waals surface area contributed by atoms with Gasteiger partial charge in [0.2, 0.25) is 5.91 Å². The minimum atomic E-state index is -0.178. The highest BCUT2D eigenvalue weighted by Gasteiger charge is 2.23. The van der Waals surface area contributed by atoms with Crippen molar-refractivity contribution in [3.8, 4) is 0 Å². The summed E-state index contributed by atoms with van der Waals surface area (Å²) >= 11 is 0. The second-order valence-electron chi connectivity index (χ2n) is 8.57. The minimum absolute atomic E-state index is 0.178. The molecular weight excluding hydrogens is 408 g/mol. The van der Waals surface area contributed by atoms with E-state index in [1.54, 1.807) is 13.1 Å². The number of aliphatic imine (C=N–C) groups is 1. The van der Waals surface area contributed by atoms with E-state index in [1.807, 2.05) is 11.8 Å². The topological polar surface area (TPSA) is 93.4 Å². The Hall–Kier alpha value is -2.55. The summed E-state index contributed by atoms with van der Waals surface area (Å²) in [5.41, 5.74) is 0.841. The molecule has 2 N–H and O–H groups in total. The van der Waals surface area contributed by atoms with E-state index in [0.717, 1.165) is 76.6 Å². The summed E-state index contributed by atoms with van der Waals surface area (Å²) < 4.78 is 5.21. The van der Waals surface area contributed by atoms with Crippen molar-refractivity contribution in [1.82, 2.24) is 25.3 Å². The number of likely N-dealkylation sites (tertiary alicyclic amines) is 1. The maximum Gasteiger partial charge on any atom is 0.287 e. The van der Waals surface area contributed by atoms with Crippen molar-refractivity contribution in [2.75, 3.05) is 66.0 Å². The maximum atomic E-state index is 12.6. The molecule has 1 aromatic rings. The zero-order chi connectivity index (χ0) is 22.8. The number of nitrogens with one attached hydrogen (secondary N) is 2. The number of carbonyl (C=O) groups excluding carboxylic acids is 2. The highest BCUT2D eigenvalue weighted by Crippen LogP contribution is 2.11. The summed E-state index contributed by atoms with van der Waals surface area (Å²) in [6, 6.07) is 1.78. The van der Waals surface area contributed by atoms with Gasteiger partial charge in [0.15, 0.2) is 11.7 Å². The van der Waals surface area contributed by atoms with Gasteiger partial charge in [-0.05, 0) is 32.3 Å². The summed E-state index contributed by atoms with van der Waals surface area (Å²) in [5, 5.41) is 6.26. The standard InChI is InChI=1S/C23H38N6O3/c1-19-8-17-32-21(19)22(31)25-9-7-10-26-23(24-2)29-15-13-27(14-16-29)18-20(30)28-11-5-3-4-6-12-28/h8,17H,3-7,9-16,18H2,1-2H3,(H,24,26)(H,25,31). The molecule has 0 unspecified atom stereocenters. The van der Waals surface area contributed by atoms with Gasteiger partial charge >= 0.3 is 0 Å². The molecule has 0 bridgehead atoms. The van der Waals surface area contributed by atoms with Crippen LogP contribution in [0.2, 0.25) is 0 Å². The third-order valence-corrected chi connectivity index (χ3v) is 6.19. The predicted molar refractivity (Wildman–Crippen MR) is 125 cm³/mol. The minimum Gasteiger partial charge on any atom is -0.459 e. The first-order chi connectivity index (χ1) is 15.6. The SMILES string of the molecule is CN=C(NCCCNC(=O)c1occc1C)N1CCN(CC(=O)N2CCCCCC2)CC1. The number of carbonyl (C=O) groups is 2. The largest absolute Gasteiger partial charge is 0.459 e. The second-order valence-corrected chi connectivity index (χ2v) is 8.57. The maximum absolute atomic E-state index is 12.6. The van der Waals surface area contributed by atoms with Gasteiger partial charge in [0.25, 0.3) is 5.91 Å². The van der Waals surface area contributed by atoms with E-state index >= 15 is 0 Å². The highest BCUT2D eigenvalue weighted by atomic mass is 16.3. The van der Waals surface area contributed by atoms with Crippen LogP contribution >= 0.6 is 0 Å². The lowest BCUT2D eigenvalue weighted by atomic mass is 10.2. The van der Waals surface area contributed by atoms with Gasteiger partial charge in [-0.1, -0.05) is 12.8 Å². The van der Waals surface area contributed by atoms with E-state index in [-0.39, 0.29) is 11.8 Å². The quantitative estimate of drug-likeness (QED) is 0.373. The normalized spacial score (nSPS) is 18.4. The van der Waals surface area contributed by atoms with E-state index in [1.165, 1.54) is 19.1 Å². The number of hydrogen-bond acceptors (Lipinski definition) is 5. The number of hydrogen-bond donors (Lipinski definition) is 2. The summed E-state index contributed by atoms with van der Waals surface area (Å²) in [7, 11) is 1.79. The summed E-state index contributed by atoms with van der Waals surface area (Å²) in [5.74, 6) is 1.34. The fourth-order valence-corrected chi connectivity index (χ4v) is 4.24. The molecule has 2 saturated heterocycles. The molecule has 0 spiro atoms. The van der Waals surface area contributed by atoms with Crippen LogP contribution in [0, 0.1) is 6.92 Å². The van der Waals surface area contributed by atoms with Gasteiger partial charge in [0.05, 0.1) is 12.8 Å². The molecule has 0 aromatic carbocycles. The molecule has 0 saturated carbocycles. The Morgan fingerprint density at radius 3 is 2.28 bits per heavy atom. The van der Waals surface area contributed by atoms with Gasteiger partial charge in [-0.2, -0.15) is 0 Å². The van der Waals surface area contributed by atoms with E-state index in [4.69, 9.17) is 4.42 Å². The van der Waals surface area contributed by atoms with Crippen molar-refractivity contribution < 1.29 is 14.0 Å². The van der Waals surface area contributed by atoms with Crippen LogP contribution in [0.3, 0.4) is 0 Å². The summed E-state index contributed by atoms with van der Waals surface area (Å²) in [6.07, 6.45) is 7.06. The average molecular weight is 447 g/mol. The molecular formula is C23H38N6O3. The highest BCUT2D eigenvalue weighted by molar-refractivity contribution is 5.92. The van der Waals surface area contributed by atoms with E-state index in [0.29, 0.717) is 18.8 Å². The Morgan fingerprint density at radius 2 is 1.66 bits per heavy atom.